The Labute approximate surface area is 48.5 Å². The van der Waals surface area contributed by atoms with Crippen molar-refractivity contribution in [3.8, 4) is 0 Å². The first-order valence-corrected chi connectivity index (χ1v) is 3.50. The maximum atomic E-state index is 9.50. The first kappa shape index (κ1) is 6.68. The molecule has 0 aliphatic carbocycles. The molecule has 0 aromatic carbocycles. The van der Waals surface area contributed by atoms with Crippen LogP contribution in [0, 0.1) is 0 Å². The molecule has 0 aliphatic heterocycles. The Balaban J connectivity index is 3.32. The van der Waals surface area contributed by atoms with Crippen molar-refractivity contribution in [1.82, 2.24) is 0 Å². The third kappa shape index (κ3) is 5.68. The number of rotatable bonds is 2. The number of carboxylic acid groups (broad SMARTS) is 2. The molecule has 0 fully saturated rings. The number of hydrogen-bond donors (Lipinski definition) is 2. The van der Waals surface area contributed by atoms with Crippen LogP contribution in [0.5, 0.6) is 0 Å². The van der Waals surface area contributed by atoms with Crippen molar-refractivity contribution in [3.05, 3.63) is 0 Å². The van der Waals surface area contributed by atoms with Crippen LogP contribution in [-0.4, -0.2) is 18.6 Å². The van der Waals surface area contributed by atoms with Crippen LogP contribution in [0.3, 0.4) is 0 Å². The summed E-state index contributed by atoms with van der Waals surface area (Å²) in [7, 11) is 0. The molecular weight excluding hydrogens is 181 g/mol. The van der Waals surface area contributed by atoms with Gasteiger partial charge in [-0.15, -0.1) is 0 Å². The summed E-state index contributed by atoms with van der Waals surface area (Å²) in [6, 6.07) is 0. The van der Waals surface area contributed by atoms with Gasteiger partial charge in [-0.3, -0.25) is 0 Å². The molecule has 0 saturated heterocycles. The molecule has 0 aromatic heterocycles. The summed E-state index contributed by atoms with van der Waals surface area (Å²) in [5.74, 6) is 0. The zero-order chi connectivity index (χ0) is 5.86. The molecular formula is C2H2NbO4. The summed E-state index contributed by atoms with van der Waals surface area (Å²) < 4.78 is -2.32. The molecule has 0 bridgehead atoms. The van der Waals surface area contributed by atoms with Gasteiger partial charge in [-0.2, -0.15) is 0 Å². The molecule has 5 heteroatoms. The molecule has 0 spiro atoms. The Morgan fingerprint density at radius 2 is 1.43 bits per heavy atom. The van der Waals surface area contributed by atoms with Gasteiger partial charge in [-0.05, 0) is 0 Å². The fourth-order valence-electron chi connectivity index (χ4n) is 0.0818. The van der Waals surface area contributed by atoms with E-state index < -0.39 is 28.1 Å². The second-order valence-electron chi connectivity index (χ2n) is 0.677. The second-order valence-corrected chi connectivity index (χ2v) is 3.11. The molecule has 7 heavy (non-hydrogen) atoms. The van der Waals surface area contributed by atoms with E-state index in [9.17, 15) is 9.59 Å². The van der Waals surface area contributed by atoms with Crippen molar-refractivity contribution >= 4 is 8.37 Å². The topological polar surface area (TPSA) is 74.6 Å². The van der Waals surface area contributed by atoms with E-state index >= 15 is 0 Å². The van der Waals surface area contributed by atoms with Crippen molar-refractivity contribution in [3.63, 3.8) is 0 Å². The fourth-order valence-corrected chi connectivity index (χ4v) is 0.484. The molecule has 2 N–H and O–H groups in total. The van der Waals surface area contributed by atoms with Crippen molar-refractivity contribution in [2.24, 2.45) is 0 Å². The summed E-state index contributed by atoms with van der Waals surface area (Å²) in [5.41, 5.74) is 0. The Bertz CT molecular complexity index is 85.9. The van der Waals surface area contributed by atoms with E-state index in [1.165, 1.54) is 0 Å². The maximum absolute atomic E-state index is 9.50. The van der Waals surface area contributed by atoms with Gasteiger partial charge in [0, 0.05) is 0 Å². The quantitative estimate of drug-likeness (QED) is 0.608. The molecule has 39 valence electrons. The molecule has 0 saturated carbocycles. The van der Waals surface area contributed by atoms with Crippen LogP contribution in [0.15, 0.2) is 0 Å². The Kier molecular flexibility index (Phi) is 2.66. The number of carbonyl (C=O) groups is 2. The molecule has 0 rings (SSSR count). The number of hydrogen-bond acceptors (Lipinski definition) is 2. The standard InChI is InChI=1S/2CHO2.Nb/c2*2-1-3;/h2*(H,2,3);. The van der Waals surface area contributed by atoms with Gasteiger partial charge in [0.1, 0.15) is 0 Å². The fraction of sp³-hybridized carbons (Fsp3) is 0. The summed E-state index contributed by atoms with van der Waals surface area (Å²) in [6.07, 6.45) is 0. The Morgan fingerprint density at radius 1 is 1.14 bits per heavy atom. The molecule has 4 nitrogen and oxygen atoms in total. The van der Waals surface area contributed by atoms with E-state index in [2.05, 4.69) is 0 Å². The normalized spacial score (nSPS) is 7.43. The molecule has 0 unspecified atom stereocenters. The van der Waals surface area contributed by atoms with Crippen molar-refractivity contribution in [1.29, 1.82) is 0 Å². The first-order valence-electron chi connectivity index (χ1n) is 1.30. The Morgan fingerprint density at radius 3 is 1.43 bits per heavy atom. The van der Waals surface area contributed by atoms with Crippen molar-refractivity contribution in [2.45, 2.75) is 0 Å². The minimum atomic E-state index is -1.97. The predicted molar refractivity (Wildman–Crippen MR) is 16.0 cm³/mol. The van der Waals surface area contributed by atoms with Gasteiger partial charge < -0.3 is 0 Å². The van der Waals surface area contributed by atoms with E-state index in [1.54, 1.807) is 0 Å². The zero-order valence-corrected chi connectivity index (χ0v) is 5.36. The predicted octanol–water partition coefficient (Wildman–Crippen LogP) is 0.425. The third-order valence-electron chi connectivity index (χ3n) is 0.191. The van der Waals surface area contributed by atoms with Gasteiger partial charge in [-0.25, -0.2) is 0 Å². The minimum absolute atomic E-state index is 1.16. The molecule has 0 heterocycles. The van der Waals surface area contributed by atoms with Gasteiger partial charge in [0.25, 0.3) is 0 Å². The van der Waals surface area contributed by atoms with Gasteiger partial charge >= 0.3 is 47.9 Å². The molecule has 0 amide bonds. The van der Waals surface area contributed by atoms with Gasteiger partial charge in [0.05, 0.1) is 0 Å². The monoisotopic (exact) mass is 183 g/mol. The van der Waals surface area contributed by atoms with Gasteiger partial charge in [0.2, 0.25) is 0 Å². The average molecular weight is 183 g/mol. The van der Waals surface area contributed by atoms with E-state index in [0.717, 1.165) is 0 Å². The van der Waals surface area contributed by atoms with Crippen LogP contribution in [0.1, 0.15) is 0 Å². The summed E-state index contributed by atoms with van der Waals surface area (Å²) >= 11 is -1.97. The summed E-state index contributed by atoms with van der Waals surface area (Å²) in [5, 5.41) is 15.5. The molecule has 0 atom stereocenters. The third-order valence-corrected chi connectivity index (χ3v) is 1.13. The van der Waals surface area contributed by atoms with Crippen LogP contribution in [0.2, 0.25) is 0 Å². The molecule has 0 radical (unpaired) electrons. The second kappa shape index (κ2) is 2.79. The van der Waals surface area contributed by atoms with Crippen LogP contribution in [0.25, 0.3) is 0 Å². The summed E-state index contributed by atoms with van der Waals surface area (Å²) in [4.78, 5) is 19.0. The first-order chi connectivity index (χ1) is 3.13. The van der Waals surface area contributed by atoms with Crippen molar-refractivity contribution < 1.29 is 39.6 Å². The van der Waals surface area contributed by atoms with Crippen molar-refractivity contribution in [2.75, 3.05) is 0 Å². The zero-order valence-electron chi connectivity index (χ0n) is 3.16. The van der Waals surface area contributed by atoms with Crippen LogP contribution < -0.4 is 0 Å². The molecule has 0 aromatic rings. The van der Waals surface area contributed by atoms with Crippen LogP contribution >= 0.6 is 0 Å². The van der Waals surface area contributed by atoms with E-state index in [4.69, 9.17) is 10.2 Å². The Hall–Kier alpha value is -0.320. The van der Waals surface area contributed by atoms with E-state index in [-0.39, 0.29) is 0 Å². The average Bonchev–Trinajstić information content (AvgIpc) is 1.27. The van der Waals surface area contributed by atoms with Crippen LogP contribution in [0.4, 0.5) is 9.59 Å². The van der Waals surface area contributed by atoms with E-state index in [0.29, 0.717) is 0 Å². The van der Waals surface area contributed by atoms with Gasteiger partial charge in [0.15, 0.2) is 0 Å². The van der Waals surface area contributed by atoms with E-state index in [1.807, 2.05) is 0 Å². The molecule has 0 aliphatic rings. The SMILES string of the molecule is O=[C](O)[Nb][C](=O)O. The van der Waals surface area contributed by atoms with Gasteiger partial charge in [-0.1, -0.05) is 0 Å². The summed E-state index contributed by atoms with van der Waals surface area (Å²) in [6.45, 7) is 0. The van der Waals surface area contributed by atoms with Crippen LogP contribution in [-0.2, 0) is 19.8 Å².